The van der Waals surface area contributed by atoms with Gasteiger partial charge in [-0.2, -0.15) is 0 Å². The first-order valence-electron chi connectivity index (χ1n) is 5.85. The second-order valence-electron chi connectivity index (χ2n) is 3.89. The van der Waals surface area contributed by atoms with Crippen LogP contribution in [0.25, 0.3) is 0 Å². The molecule has 1 atom stereocenters. The third-order valence-electron chi connectivity index (χ3n) is 2.37. The molecule has 0 bridgehead atoms. The number of nitrogens with one attached hydrogen (secondary N) is 1. The average molecular weight is 285 g/mol. The minimum absolute atomic E-state index is 0.0702. The number of oxime groups is 1. The summed E-state index contributed by atoms with van der Waals surface area (Å²) in [6.07, 6.45) is 1.68. The standard InChI is InChI=1S/C12H19N3O3S/c1-19(17)9-7-14-6-8-18-11-4-2-10(3-5-11)12(13)15-16/h2-5,14,16H,6-9H2,1H3,(H2,13,15). The molecule has 7 heteroatoms. The van der Waals surface area contributed by atoms with Gasteiger partial charge in [-0.3, -0.25) is 4.21 Å². The Kier molecular flexibility index (Phi) is 6.91. The van der Waals surface area contributed by atoms with E-state index in [-0.39, 0.29) is 5.84 Å². The quantitative estimate of drug-likeness (QED) is 0.207. The van der Waals surface area contributed by atoms with Crippen LogP contribution in [0.1, 0.15) is 5.56 Å². The predicted octanol–water partition coefficient (Wildman–Crippen LogP) is 0.128. The van der Waals surface area contributed by atoms with Crippen molar-refractivity contribution in [2.75, 3.05) is 31.7 Å². The zero-order valence-corrected chi connectivity index (χ0v) is 11.7. The first-order valence-corrected chi connectivity index (χ1v) is 7.57. The lowest BCUT2D eigenvalue weighted by Crippen LogP contribution is -2.25. The maximum atomic E-state index is 10.8. The molecule has 0 spiro atoms. The SMILES string of the molecule is CS(=O)CCNCCOc1ccc(/C(N)=N/O)cc1. The summed E-state index contributed by atoms with van der Waals surface area (Å²) in [6, 6.07) is 6.96. The Labute approximate surface area is 115 Å². The van der Waals surface area contributed by atoms with E-state index in [1.807, 2.05) is 0 Å². The van der Waals surface area contributed by atoms with Gasteiger partial charge in [0.2, 0.25) is 0 Å². The number of ether oxygens (including phenoxy) is 1. The molecule has 106 valence electrons. The molecule has 0 saturated carbocycles. The number of rotatable bonds is 8. The molecule has 1 aromatic rings. The van der Waals surface area contributed by atoms with Gasteiger partial charge in [0.1, 0.15) is 12.4 Å². The molecule has 0 aliphatic carbocycles. The molecule has 1 aromatic carbocycles. The molecule has 0 saturated heterocycles. The van der Waals surface area contributed by atoms with Gasteiger partial charge in [-0.05, 0) is 24.3 Å². The van der Waals surface area contributed by atoms with Gasteiger partial charge < -0.3 is 21.0 Å². The maximum Gasteiger partial charge on any atom is 0.170 e. The van der Waals surface area contributed by atoms with Crippen LogP contribution in [0.4, 0.5) is 0 Å². The van der Waals surface area contributed by atoms with Crippen LogP contribution >= 0.6 is 0 Å². The first kappa shape index (κ1) is 15.5. The van der Waals surface area contributed by atoms with Crippen molar-refractivity contribution in [3.05, 3.63) is 29.8 Å². The van der Waals surface area contributed by atoms with Crippen LogP contribution in [-0.4, -0.2) is 47.0 Å². The number of hydrogen-bond acceptors (Lipinski definition) is 5. The molecule has 1 unspecified atom stereocenters. The van der Waals surface area contributed by atoms with Crippen LogP contribution in [0.2, 0.25) is 0 Å². The maximum absolute atomic E-state index is 10.8. The summed E-state index contributed by atoms with van der Waals surface area (Å²) in [7, 11) is -0.762. The molecule has 0 heterocycles. The predicted molar refractivity (Wildman–Crippen MR) is 76.3 cm³/mol. The number of amidine groups is 1. The van der Waals surface area contributed by atoms with Gasteiger partial charge >= 0.3 is 0 Å². The second-order valence-corrected chi connectivity index (χ2v) is 5.44. The Morgan fingerprint density at radius 2 is 2.11 bits per heavy atom. The fourth-order valence-electron chi connectivity index (χ4n) is 1.36. The second kappa shape index (κ2) is 8.49. The van der Waals surface area contributed by atoms with Crippen molar-refractivity contribution in [2.45, 2.75) is 0 Å². The summed E-state index contributed by atoms with van der Waals surface area (Å²) < 4.78 is 16.3. The minimum atomic E-state index is -0.762. The summed E-state index contributed by atoms with van der Waals surface area (Å²) in [4.78, 5) is 0. The van der Waals surface area contributed by atoms with E-state index >= 15 is 0 Å². The lowest BCUT2D eigenvalue weighted by molar-refractivity contribution is 0.315. The highest BCUT2D eigenvalue weighted by Crippen LogP contribution is 2.11. The number of benzene rings is 1. The Hall–Kier alpha value is -1.60. The van der Waals surface area contributed by atoms with Crippen molar-refractivity contribution in [1.29, 1.82) is 0 Å². The number of hydrogen-bond donors (Lipinski definition) is 3. The van der Waals surface area contributed by atoms with E-state index in [0.29, 0.717) is 24.5 Å². The van der Waals surface area contributed by atoms with Gasteiger partial charge in [-0.1, -0.05) is 5.16 Å². The van der Waals surface area contributed by atoms with Crippen LogP contribution < -0.4 is 15.8 Å². The van der Waals surface area contributed by atoms with Crippen LogP contribution in [0.5, 0.6) is 5.75 Å². The van der Waals surface area contributed by atoms with E-state index in [4.69, 9.17) is 15.7 Å². The molecule has 0 aliphatic heterocycles. The fourth-order valence-corrected chi connectivity index (χ4v) is 1.79. The molecule has 0 radical (unpaired) electrons. The van der Waals surface area contributed by atoms with E-state index in [2.05, 4.69) is 10.5 Å². The molecule has 0 aliphatic rings. The third-order valence-corrected chi connectivity index (χ3v) is 3.15. The van der Waals surface area contributed by atoms with Crippen LogP contribution in [-0.2, 0) is 10.8 Å². The molecule has 1 rings (SSSR count). The lowest BCUT2D eigenvalue weighted by Gasteiger charge is -2.07. The van der Waals surface area contributed by atoms with Gasteiger partial charge in [0, 0.05) is 41.5 Å². The van der Waals surface area contributed by atoms with Gasteiger partial charge in [0.15, 0.2) is 5.84 Å². The Morgan fingerprint density at radius 1 is 1.42 bits per heavy atom. The van der Waals surface area contributed by atoms with Crippen molar-refractivity contribution in [3.8, 4) is 5.75 Å². The molecular formula is C12H19N3O3S. The van der Waals surface area contributed by atoms with Crippen LogP contribution in [0, 0.1) is 0 Å². The molecule has 4 N–H and O–H groups in total. The smallest absolute Gasteiger partial charge is 0.170 e. The van der Waals surface area contributed by atoms with Gasteiger partial charge in [-0.25, -0.2) is 0 Å². The Bertz CT molecular complexity index is 434. The van der Waals surface area contributed by atoms with E-state index in [1.54, 1.807) is 30.5 Å². The van der Waals surface area contributed by atoms with Crippen molar-refractivity contribution in [3.63, 3.8) is 0 Å². The summed E-state index contributed by atoms with van der Waals surface area (Å²) >= 11 is 0. The monoisotopic (exact) mass is 285 g/mol. The summed E-state index contributed by atoms with van der Waals surface area (Å²) in [6.45, 7) is 1.94. The number of nitrogens with zero attached hydrogens (tertiary/aromatic N) is 1. The number of nitrogens with two attached hydrogens (primary N) is 1. The topological polar surface area (TPSA) is 96.9 Å². The molecule has 0 amide bonds. The normalized spacial score (nSPS) is 13.2. The van der Waals surface area contributed by atoms with Crippen molar-refractivity contribution >= 4 is 16.6 Å². The zero-order valence-electron chi connectivity index (χ0n) is 10.8. The lowest BCUT2D eigenvalue weighted by atomic mass is 10.2. The summed E-state index contributed by atoms with van der Waals surface area (Å²) in [5.41, 5.74) is 6.09. The Morgan fingerprint density at radius 3 is 2.68 bits per heavy atom. The van der Waals surface area contributed by atoms with E-state index in [0.717, 1.165) is 12.3 Å². The van der Waals surface area contributed by atoms with E-state index in [9.17, 15) is 4.21 Å². The Balaban J connectivity index is 2.25. The molecule has 0 fully saturated rings. The average Bonchev–Trinajstić information content (AvgIpc) is 2.42. The molecular weight excluding hydrogens is 266 g/mol. The van der Waals surface area contributed by atoms with Crippen LogP contribution in [0.15, 0.2) is 29.4 Å². The minimum Gasteiger partial charge on any atom is -0.492 e. The molecule has 0 aromatic heterocycles. The first-order chi connectivity index (χ1) is 9.13. The summed E-state index contributed by atoms with van der Waals surface area (Å²) in [5, 5.41) is 14.6. The largest absolute Gasteiger partial charge is 0.492 e. The van der Waals surface area contributed by atoms with Gasteiger partial charge in [-0.15, -0.1) is 0 Å². The molecule has 6 nitrogen and oxygen atoms in total. The highest BCUT2D eigenvalue weighted by molar-refractivity contribution is 7.84. The highest BCUT2D eigenvalue weighted by Gasteiger charge is 1.99. The third kappa shape index (κ3) is 6.21. The van der Waals surface area contributed by atoms with Gasteiger partial charge in [0.05, 0.1) is 0 Å². The van der Waals surface area contributed by atoms with Gasteiger partial charge in [0.25, 0.3) is 0 Å². The highest BCUT2D eigenvalue weighted by atomic mass is 32.2. The van der Waals surface area contributed by atoms with E-state index < -0.39 is 10.8 Å². The zero-order chi connectivity index (χ0) is 14.1. The van der Waals surface area contributed by atoms with Crippen LogP contribution in [0.3, 0.4) is 0 Å². The van der Waals surface area contributed by atoms with Crippen molar-refractivity contribution < 1.29 is 14.2 Å². The van der Waals surface area contributed by atoms with E-state index in [1.165, 1.54) is 0 Å². The van der Waals surface area contributed by atoms with Crippen molar-refractivity contribution in [1.82, 2.24) is 5.32 Å². The van der Waals surface area contributed by atoms with Crippen molar-refractivity contribution in [2.24, 2.45) is 10.9 Å². The summed E-state index contributed by atoms with van der Waals surface area (Å²) in [5.74, 6) is 1.44. The molecule has 19 heavy (non-hydrogen) atoms. The fraction of sp³-hybridized carbons (Fsp3) is 0.417.